The minimum absolute atomic E-state index is 0.262. The SMILES string of the molecule is Cc1c(Cl)cc2c(c1CON)OCCO2. The summed E-state index contributed by atoms with van der Waals surface area (Å²) in [4.78, 5) is 4.64. The molecule has 0 fully saturated rings. The standard InChI is InChI=1S/C10H12ClNO3/c1-6-7(5-15-12)10-9(4-8(6)11)13-2-3-14-10/h4H,2-3,5,12H2,1H3. The zero-order chi connectivity index (χ0) is 10.8. The normalized spacial score (nSPS) is 14.1. The number of halogens is 1. The van der Waals surface area contributed by atoms with E-state index in [0.29, 0.717) is 29.7 Å². The van der Waals surface area contributed by atoms with Crippen LogP contribution in [0.3, 0.4) is 0 Å². The molecule has 0 bridgehead atoms. The van der Waals surface area contributed by atoms with Gasteiger partial charge in [-0.15, -0.1) is 0 Å². The predicted molar refractivity (Wildman–Crippen MR) is 56.2 cm³/mol. The first kappa shape index (κ1) is 10.5. The summed E-state index contributed by atoms with van der Waals surface area (Å²) in [5.74, 6) is 6.42. The minimum Gasteiger partial charge on any atom is -0.486 e. The van der Waals surface area contributed by atoms with Gasteiger partial charge in [0, 0.05) is 16.7 Å². The third-order valence-corrected chi connectivity index (χ3v) is 2.77. The van der Waals surface area contributed by atoms with Crippen molar-refractivity contribution in [3.05, 3.63) is 22.2 Å². The van der Waals surface area contributed by atoms with Crippen LogP contribution in [0.25, 0.3) is 0 Å². The fraction of sp³-hybridized carbons (Fsp3) is 0.400. The van der Waals surface area contributed by atoms with Crippen LogP contribution in [-0.4, -0.2) is 13.2 Å². The average molecular weight is 230 g/mol. The zero-order valence-electron chi connectivity index (χ0n) is 8.38. The van der Waals surface area contributed by atoms with Gasteiger partial charge >= 0.3 is 0 Å². The Hall–Kier alpha value is -0.970. The molecule has 0 aromatic heterocycles. The molecule has 1 aliphatic rings. The van der Waals surface area contributed by atoms with Gasteiger partial charge in [0.25, 0.3) is 0 Å². The van der Waals surface area contributed by atoms with E-state index in [2.05, 4.69) is 4.84 Å². The first-order chi connectivity index (χ1) is 7.24. The van der Waals surface area contributed by atoms with Gasteiger partial charge in [0.1, 0.15) is 13.2 Å². The molecule has 1 aliphatic heterocycles. The van der Waals surface area contributed by atoms with Crippen LogP contribution < -0.4 is 15.4 Å². The maximum atomic E-state index is 6.05. The van der Waals surface area contributed by atoms with Crippen LogP contribution in [0.5, 0.6) is 11.5 Å². The Kier molecular flexibility index (Phi) is 3.00. The second-order valence-electron chi connectivity index (χ2n) is 3.30. The fourth-order valence-electron chi connectivity index (χ4n) is 1.57. The predicted octanol–water partition coefficient (Wildman–Crippen LogP) is 1.81. The van der Waals surface area contributed by atoms with E-state index in [0.717, 1.165) is 11.1 Å². The van der Waals surface area contributed by atoms with Crippen LogP contribution >= 0.6 is 11.6 Å². The molecular weight excluding hydrogens is 218 g/mol. The molecule has 2 rings (SSSR count). The maximum absolute atomic E-state index is 6.05. The average Bonchev–Trinajstić information content (AvgIpc) is 2.25. The smallest absolute Gasteiger partial charge is 0.167 e. The number of rotatable bonds is 2. The molecule has 1 aromatic rings. The summed E-state index contributed by atoms with van der Waals surface area (Å²) in [5, 5.41) is 0.631. The molecule has 4 nitrogen and oxygen atoms in total. The van der Waals surface area contributed by atoms with E-state index in [-0.39, 0.29) is 6.61 Å². The lowest BCUT2D eigenvalue weighted by Crippen LogP contribution is -2.18. The summed E-state index contributed by atoms with van der Waals surface area (Å²) in [6, 6.07) is 1.76. The topological polar surface area (TPSA) is 53.7 Å². The van der Waals surface area contributed by atoms with Crippen molar-refractivity contribution in [3.63, 3.8) is 0 Å². The van der Waals surface area contributed by atoms with Gasteiger partial charge in [-0.2, -0.15) is 0 Å². The third-order valence-electron chi connectivity index (χ3n) is 2.38. The second kappa shape index (κ2) is 4.26. The molecule has 1 heterocycles. The summed E-state index contributed by atoms with van der Waals surface area (Å²) in [7, 11) is 0. The minimum atomic E-state index is 0.262. The van der Waals surface area contributed by atoms with Crippen LogP contribution in [0.2, 0.25) is 5.02 Å². The van der Waals surface area contributed by atoms with Gasteiger partial charge in [-0.05, 0) is 12.5 Å². The van der Waals surface area contributed by atoms with Crippen molar-refractivity contribution in [2.75, 3.05) is 13.2 Å². The van der Waals surface area contributed by atoms with E-state index >= 15 is 0 Å². The van der Waals surface area contributed by atoms with E-state index in [4.69, 9.17) is 27.0 Å². The molecule has 2 N–H and O–H groups in total. The first-order valence-electron chi connectivity index (χ1n) is 4.63. The summed E-state index contributed by atoms with van der Waals surface area (Å²) in [6.07, 6.45) is 0. The Morgan fingerprint density at radius 2 is 2.20 bits per heavy atom. The van der Waals surface area contributed by atoms with E-state index in [1.54, 1.807) is 6.07 Å². The highest BCUT2D eigenvalue weighted by molar-refractivity contribution is 6.31. The van der Waals surface area contributed by atoms with Gasteiger partial charge < -0.3 is 9.47 Å². The summed E-state index contributed by atoms with van der Waals surface area (Å²) in [6.45, 7) is 3.23. The van der Waals surface area contributed by atoms with Gasteiger partial charge in [-0.25, -0.2) is 5.90 Å². The molecule has 1 aromatic carbocycles. The summed E-state index contributed by atoms with van der Waals surface area (Å²) < 4.78 is 11.0. The monoisotopic (exact) mass is 229 g/mol. The number of fused-ring (bicyclic) bond motifs is 1. The van der Waals surface area contributed by atoms with Gasteiger partial charge in [-0.3, -0.25) is 4.84 Å². The number of benzene rings is 1. The highest BCUT2D eigenvalue weighted by Crippen LogP contribution is 2.39. The Labute approximate surface area is 92.8 Å². The highest BCUT2D eigenvalue weighted by atomic mass is 35.5. The van der Waals surface area contributed by atoms with E-state index in [9.17, 15) is 0 Å². The molecular formula is C10H12ClNO3. The van der Waals surface area contributed by atoms with Crippen molar-refractivity contribution >= 4 is 11.6 Å². The molecule has 0 aliphatic carbocycles. The van der Waals surface area contributed by atoms with Crippen molar-refractivity contribution in [1.29, 1.82) is 0 Å². The van der Waals surface area contributed by atoms with Gasteiger partial charge in [-0.1, -0.05) is 11.6 Å². The number of hydrogen-bond acceptors (Lipinski definition) is 4. The molecule has 15 heavy (non-hydrogen) atoms. The van der Waals surface area contributed by atoms with Crippen LogP contribution in [0.4, 0.5) is 0 Å². The van der Waals surface area contributed by atoms with Gasteiger partial charge in [0.15, 0.2) is 11.5 Å². The lowest BCUT2D eigenvalue weighted by molar-refractivity contribution is 0.115. The lowest BCUT2D eigenvalue weighted by Gasteiger charge is -2.22. The maximum Gasteiger partial charge on any atom is 0.167 e. The van der Waals surface area contributed by atoms with Crippen molar-refractivity contribution in [1.82, 2.24) is 0 Å². The molecule has 0 atom stereocenters. The lowest BCUT2D eigenvalue weighted by atomic mass is 10.1. The Balaban J connectivity index is 2.52. The summed E-state index contributed by atoms with van der Waals surface area (Å²) >= 11 is 6.05. The Morgan fingerprint density at radius 3 is 2.93 bits per heavy atom. The van der Waals surface area contributed by atoms with E-state index in [1.165, 1.54) is 0 Å². The molecule has 0 saturated carbocycles. The van der Waals surface area contributed by atoms with Crippen LogP contribution in [0, 0.1) is 6.92 Å². The molecule has 82 valence electrons. The Bertz CT molecular complexity index is 381. The molecule has 0 radical (unpaired) electrons. The molecule has 0 spiro atoms. The first-order valence-corrected chi connectivity index (χ1v) is 5.01. The quantitative estimate of drug-likeness (QED) is 0.786. The van der Waals surface area contributed by atoms with Crippen LogP contribution in [0.1, 0.15) is 11.1 Å². The van der Waals surface area contributed by atoms with Crippen molar-refractivity contribution < 1.29 is 14.3 Å². The molecule has 5 heteroatoms. The van der Waals surface area contributed by atoms with E-state index in [1.807, 2.05) is 6.92 Å². The zero-order valence-corrected chi connectivity index (χ0v) is 9.13. The van der Waals surface area contributed by atoms with Crippen molar-refractivity contribution in [2.24, 2.45) is 5.90 Å². The fourth-order valence-corrected chi connectivity index (χ4v) is 1.78. The van der Waals surface area contributed by atoms with Crippen LogP contribution in [-0.2, 0) is 11.4 Å². The van der Waals surface area contributed by atoms with Gasteiger partial charge in [0.2, 0.25) is 0 Å². The summed E-state index contributed by atoms with van der Waals surface area (Å²) in [5.41, 5.74) is 1.76. The molecule has 0 saturated heterocycles. The Morgan fingerprint density at radius 1 is 1.47 bits per heavy atom. The largest absolute Gasteiger partial charge is 0.486 e. The van der Waals surface area contributed by atoms with Gasteiger partial charge in [0.05, 0.1) is 6.61 Å². The van der Waals surface area contributed by atoms with Crippen molar-refractivity contribution in [2.45, 2.75) is 13.5 Å². The third kappa shape index (κ3) is 1.88. The molecule has 0 unspecified atom stereocenters. The second-order valence-corrected chi connectivity index (χ2v) is 3.70. The highest BCUT2D eigenvalue weighted by Gasteiger charge is 2.20. The number of hydrogen-bond donors (Lipinski definition) is 1. The van der Waals surface area contributed by atoms with E-state index < -0.39 is 0 Å². The molecule has 0 amide bonds. The van der Waals surface area contributed by atoms with Crippen molar-refractivity contribution in [3.8, 4) is 11.5 Å². The van der Waals surface area contributed by atoms with Crippen LogP contribution in [0.15, 0.2) is 6.07 Å². The number of nitrogens with two attached hydrogens (primary N) is 1. The number of ether oxygens (including phenoxy) is 2.